The van der Waals surface area contributed by atoms with Gasteiger partial charge in [0.1, 0.15) is 0 Å². The highest BCUT2D eigenvalue weighted by molar-refractivity contribution is 6.31. The summed E-state index contributed by atoms with van der Waals surface area (Å²) < 4.78 is 16.7. The second-order valence-corrected chi connectivity index (χ2v) is 6.46. The van der Waals surface area contributed by atoms with Gasteiger partial charge in [-0.05, 0) is 31.4 Å². The lowest BCUT2D eigenvalue weighted by molar-refractivity contribution is 0.0504. The van der Waals surface area contributed by atoms with Crippen molar-refractivity contribution in [1.29, 1.82) is 0 Å². The first kappa shape index (κ1) is 17.1. The first-order valence-corrected chi connectivity index (χ1v) is 8.68. The van der Waals surface area contributed by atoms with Crippen LogP contribution in [0, 0.1) is 0 Å². The van der Waals surface area contributed by atoms with Gasteiger partial charge in [0.15, 0.2) is 17.1 Å². The molecular formula is C18H22ClNO4. The van der Waals surface area contributed by atoms with Gasteiger partial charge >= 0.3 is 0 Å². The van der Waals surface area contributed by atoms with Crippen LogP contribution in [0.15, 0.2) is 22.6 Å². The van der Waals surface area contributed by atoms with E-state index in [1.807, 2.05) is 4.90 Å². The quantitative estimate of drug-likeness (QED) is 0.785. The van der Waals surface area contributed by atoms with Crippen LogP contribution in [-0.4, -0.2) is 43.7 Å². The van der Waals surface area contributed by atoms with Crippen molar-refractivity contribution >= 4 is 28.5 Å². The SMILES string of the molecule is CCCN(C[C@@H]1CCCO1)C(=O)c1cc2cc(Cl)cc(OC)c2o1. The fourth-order valence-electron chi connectivity index (χ4n) is 3.08. The third-order valence-electron chi connectivity index (χ3n) is 4.21. The molecule has 130 valence electrons. The molecule has 1 saturated heterocycles. The van der Waals surface area contributed by atoms with E-state index in [0.29, 0.717) is 35.2 Å². The third kappa shape index (κ3) is 3.52. The number of halogens is 1. The van der Waals surface area contributed by atoms with Crippen molar-refractivity contribution in [2.45, 2.75) is 32.3 Å². The Labute approximate surface area is 146 Å². The van der Waals surface area contributed by atoms with Gasteiger partial charge in [-0.2, -0.15) is 0 Å². The van der Waals surface area contributed by atoms with Crippen molar-refractivity contribution < 1.29 is 18.7 Å². The van der Waals surface area contributed by atoms with Gasteiger partial charge in [0.2, 0.25) is 0 Å². The summed E-state index contributed by atoms with van der Waals surface area (Å²) in [6.07, 6.45) is 3.05. The van der Waals surface area contributed by atoms with E-state index in [4.69, 9.17) is 25.5 Å². The largest absolute Gasteiger partial charge is 0.493 e. The van der Waals surface area contributed by atoms with Crippen molar-refractivity contribution in [1.82, 2.24) is 4.90 Å². The Hall–Kier alpha value is -1.72. The minimum absolute atomic E-state index is 0.119. The van der Waals surface area contributed by atoms with E-state index in [2.05, 4.69) is 6.92 Å². The van der Waals surface area contributed by atoms with E-state index in [0.717, 1.165) is 31.3 Å². The van der Waals surface area contributed by atoms with Crippen LogP contribution in [0.4, 0.5) is 0 Å². The number of hydrogen-bond acceptors (Lipinski definition) is 4. The Balaban J connectivity index is 1.87. The van der Waals surface area contributed by atoms with Crippen molar-refractivity contribution in [3.05, 3.63) is 29.0 Å². The highest BCUT2D eigenvalue weighted by atomic mass is 35.5. The predicted molar refractivity (Wildman–Crippen MR) is 92.9 cm³/mol. The van der Waals surface area contributed by atoms with Gasteiger partial charge in [0.25, 0.3) is 5.91 Å². The van der Waals surface area contributed by atoms with Gasteiger partial charge in [-0.25, -0.2) is 0 Å². The van der Waals surface area contributed by atoms with Crippen LogP contribution in [0.25, 0.3) is 11.0 Å². The summed E-state index contributed by atoms with van der Waals surface area (Å²) in [7, 11) is 1.55. The summed E-state index contributed by atoms with van der Waals surface area (Å²) >= 11 is 6.08. The lowest BCUT2D eigenvalue weighted by Gasteiger charge is -2.24. The average molecular weight is 352 g/mol. The maximum atomic E-state index is 12.9. The van der Waals surface area contributed by atoms with Gasteiger partial charge in [-0.15, -0.1) is 0 Å². The smallest absolute Gasteiger partial charge is 0.289 e. The minimum atomic E-state index is -0.123. The monoisotopic (exact) mass is 351 g/mol. The molecule has 1 aromatic heterocycles. The number of furan rings is 1. The first-order chi connectivity index (χ1) is 11.6. The second-order valence-electron chi connectivity index (χ2n) is 6.02. The fraction of sp³-hybridized carbons (Fsp3) is 0.500. The Morgan fingerprint density at radius 1 is 1.42 bits per heavy atom. The summed E-state index contributed by atoms with van der Waals surface area (Å²) in [5, 5.41) is 1.31. The maximum absolute atomic E-state index is 12.9. The first-order valence-electron chi connectivity index (χ1n) is 8.30. The number of fused-ring (bicyclic) bond motifs is 1. The number of methoxy groups -OCH3 is 1. The Morgan fingerprint density at radius 2 is 2.25 bits per heavy atom. The summed E-state index contributed by atoms with van der Waals surface area (Å²) in [6, 6.07) is 5.17. The standard InChI is InChI=1S/C18H22ClNO4/c1-3-6-20(11-14-5-4-7-23-14)18(21)16-9-12-8-13(19)10-15(22-2)17(12)24-16/h8-10,14H,3-7,11H2,1-2H3/t14-/m0/s1. The molecule has 1 aliphatic heterocycles. The Bertz CT molecular complexity index is 721. The van der Waals surface area contributed by atoms with E-state index in [1.54, 1.807) is 25.3 Å². The van der Waals surface area contributed by atoms with Gasteiger partial charge in [-0.3, -0.25) is 4.79 Å². The van der Waals surface area contributed by atoms with Crippen LogP contribution in [0.3, 0.4) is 0 Å². The number of ether oxygens (including phenoxy) is 2. The molecule has 1 aromatic carbocycles. The molecule has 0 saturated carbocycles. The molecule has 0 N–H and O–H groups in total. The third-order valence-corrected chi connectivity index (χ3v) is 4.42. The average Bonchev–Trinajstić information content (AvgIpc) is 3.22. The molecule has 1 aliphatic rings. The zero-order chi connectivity index (χ0) is 17.1. The maximum Gasteiger partial charge on any atom is 0.289 e. The number of nitrogens with zero attached hydrogens (tertiary/aromatic N) is 1. The highest BCUT2D eigenvalue weighted by Crippen LogP contribution is 2.32. The number of benzene rings is 1. The zero-order valence-corrected chi connectivity index (χ0v) is 14.8. The molecule has 0 spiro atoms. The molecule has 1 atom stereocenters. The molecule has 5 nitrogen and oxygen atoms in total. The van der Waals surface area contributed by atoms with Crippen LogP contribution < -0.4 is 4.74 Å². The molecule has 2 heterocycles. The summed E-state index contributed by atoms with van der Waals surface area (Å²) in [4.78, 5) is 14.7. The molecular weight excluding hydrogens is 330 g/mol. The molecule has 1 fully saturated rings. The van der Waals surface area contributed by atoms with Crippen LogP contribution >= 0.6 is 11.6 Å². The van der Waals surface area contributed by atoms with E-state index < -0.39 is 0 Å². The fourth-order valence-corrected chi connectivity index (χ4v) is 3.30. The minimum Gasteiger partial charge on any atom is -0.493 e. The lowest BCUT2D eigenvalue weighted by atomic mass is 10.2. The number of carbonyl (C=O) groups is 1. The van der Waals surface area contributed by atoms with E-state index in [1.165, 1.54) is 0 Å². The van der Waals surface area contributed by atoms with Crippen LogP contribution in [0.5, 0.6) is 5.75 Å². The van der Waals surface area contributed by atoms with Crippen LogP contribution in [0.2, 0.25) is 5.02 Å². The molecule has 0 radical (unpaired) electrons. The van der Waals surface area contributed by atoms with Crippen LogP contribution in [0.1, 0.15) is 36.7 Å². The van der Waals surface area contributed by atoms with E-state index >= 15 is 0 Å². The zero-order valence-electron chi connectivity index (χ0n) is 14.0. The summed E-state index contributed by atoms with van der Waals surface area (Å²) in [6.45, 7) is 4.10. The molecule has 24 heavy (non-hydrogen) atoms. The normalized spacial score (nSPS) is 17.4. The molecule has 0 unspecified atom stereocenters. The Morgan fingerprint density at radius 3 is 2.92 bits per heavy atom. The predicted octanol–water partition coefficient (Wildman–Crippen LogP) is 4.13. The highest BCUT2D eigenvalue weighted by Gasteiger charge is 2.25. The van der Waals surface area contributed by atoms with Gasteiger partial charge in [-0.1, -0.05) is 18.5 Å². The van der Waals surface area contributed by atoms with Crippen molar-refractivity contribution in [3.8, 4) is 5.75 Å². The summed E-state index contributed by atoms with van der Waals surface area (Å²) in [5.41, 5.74) is 0.541. The van der Waals surface area contributed by atoms with Gasteiger partial charge < -0.3 is 18.8 Å². The molecule has 0 aliphatic carbocycles. The molecule has 6 heteroatoms. The topological polar surface area (TPSA) is 51.9 Å². The molecule has 3 rings (SSSR count). The molecule has 2 aromatic rings. The van der Waals surface area contributed by atoms with Crippen molar-refractivity contribution in [2.24, 2.45) is 0 Å². The second kappa shape index (κ2) is 7.45. The van der Waals surface area contributed by atoms with Crippen molar-refractivity contribution in [2.75, 3.05) is 26.8 Å². The lowest BCUT2D eigenvalue weighted by Crippen LogP contribution is -2.37. The number of hydrogen-bond donors (Lipinski definition) is 0. The van der Waals surface area contributed by atoms with Gasteiger partial charge in [0.05, 0.1) is 13.2 Å². The van der Waals surface area contributed by atoms with Gasteiger partial charge in [0, 0.05) is 36.2 Å². The van der Waals surface area contributed by atoms with E-state index in [9.17, 15) is 4.79 Å². The van der Waals surface area contributed by atoms with Crippen molar-refractivity contribution in [3.63, 3.8) is 0 Å². The number of amides is 1. The number of rotatable bonds is 6. The van der Waals surface area contributed by atoms with Crippen LogP contribution in [-0.2, 0) is 4.74 Å². The summed E-state index contributed by atoms with van der Waals surface area (Å²) in [5.74, 6) is 0.705. The van der Waals surface area contributed by atoms with E-state index in [-0.39, 0.29) is 12.0 Å². The number of carbonyl (C=O) groups excluding carboxylic acids is 1. The molecule has 0 bridgehead atoms. The Kier molecular flexibility index (Phi) is 5.31. The molecule has 1 amide bonds.